The van der Waals surface area contributed by atoms with E-state index in [9.17, 15) is 9.59 Å². The van der Waals surface area contributed by atoms with E-state index in [1.54, 1.807) is 18.2 Å². The Morgan fingerprint density at radius 1 is 1.08 bits per heavy atom. The molecule has 0 spiro atoms. The van der Waals surface area contributed by atoms with Gasteiger partial charge in [-0.05, 0) is 31.0 Å². The maximum Gasteiger partial charge on any atom is 0.266 e. The lowest BCUT2D eigenvalue weighted by molar-refractivity contribution is -0.122. The van der Waals surface area contributed by atoms with Gasteiger partial charge in [0.1, 0.15) is 0 Å². The highest BCUT2D eigenvalue weighted by molar-refractivity contribution is 6.30. The second-order valence-corrected chi connectivity index (χ2v) is 7.23. The van der Waals surface area contributed by atoms with Gasteiger partial charge < -0.3 is 5.32 Å². The van der Waals surface area contributed by atoms with Gasteiger partial charge >= 0.3 is 0 Å². The number of halogens is 1. The minimum Gasteiger partial charge on any atom is -0.353 e. The van der Waals surface area contributed by atoms with Crippen molar-refractivity contribution in [3.63, 3.8) is 0 Å². The van der Waals surface area contributed by atoms with Crippen LogP contribution in [0.3, 0.4) is 0 Å². The number of aryl methyl sites for hydroxylation is 1. The van der Waals surface area contributed by atoms with Gasteiger partial charge in [0.15, 0.2) is 0 Å². The third kappa shape index (κ3) is 5.18. The summed E-state index contributed by atoms with van der Waals surface area (Å²) in [6.07, 6.45) is 7.22. The van der Waals surface area contributed by atoms with Gasteiger partial charge in [0.2, 0.25) is 5.91 Å². The fourth-order valence-electron chi connectivity index (χ4n) is 3.31. The number of nitrogens with one attached hydrogen (secondary N) is 1. The second-order valence-electron chi connectivity index (χ2n) is 6.79. The molecular weight excluding hydrogens is 350 g/mol. The summed E-state index contributed by atoms with van der Waals surface area (Å²) < 4.78 is 1.36. The van der Waals surface area contributed by atoms with E-state index < -0.39 is 0 Å². The first kappa shape index (κ1) is 18.6. The lowest BCUT2D eigenvalue weighted by Crippen LogP contribution is -2.35. The summed E-state index contributed by atoms with van der Waals surface area (Å²) >= 11 is 5.91. The normalized spacial score (nSPS) is 15.4. The highest BCUT2D eigenvalue weighted by Gasteiger charge is 2.15. The number of rotatable bonds is 5. The fourth-order valence-corrected chi connectivity index (χ4v) is 3.44. The van der Waals surface area contributed by atoms with Crippen molar-refractivity contribution >= 4 is 17.5 Å². The highest BCUT2D eigenvalue weighted by Crippen LogP contribution is 2.19. The smallest absolute Gasteiger partial charge is 0.266 e. The number of amides is 1. The van der Waals surface area contributed by atoms with Crippen molar-refractivity contribution in [2.75, 3.05) is 0 Å². The molecule has 138 valence electrons. The standard InChI is InChI=1S/C20H24ClN3O2/c21-16-9-7-15(8-10-16)18-11-12-20(26)24(23-18)14-13-19(25)22-17-5-3-1-2-4-6-17/h7-12,17H,1-6,13-14H2,(H,22,25). The van der Waals surface area contributed by atoms with Crippen LogP contribution in [-0.4, -0.2) is 21.7 Å². The van der Waals surface area contributed by atoms with Crippen molar-refractivity contribution in [1.82, 2.24) is 15.1 Å². The Balaban J connectivity index is 1.62. The van der Waals surface area contributed by atoms with E-state index in [1.165, 1.54) is 36.4 Å². The number of hydrogen-bond donors (Lipinski definition) is 1. The molecule has 1 heterocycles. The average Bonchev–Trinajstić information content (AvgIpc) is 2.90. The van der Waals surface area contributed by atoms with Crippen molar-refractivity contribution in [2.24, 2.45) is 0 Å². The summed E-state index contributed by atoms with van der Waals surface area (Å²) in [6.45, 7) is 0.277. The van der Waals surface area contributed by atoms with E-state index >= 15 is 0 Å². The van der Waals surface area contributed by atoms with Crippen LogP contribution in [0.15, 0.2) is 41.2 Å². The lowest BCUT2D eigenvalue weighted by Gasteiger charge is -2.16. The van der Waals surface area contributed by atoms with Gasteiger partial charge in [-0.1, -0.05) is 49.4 Å². The van der Waals surface area contributed by atoms with Crippen molar-refractivity contribution in [1.29, 1.82) is 0 Å². The molecule has 1 aliphatic carbocycles. The van der Waals surface area contributed by atoms with Crippen LogP contribution in [0.25, 0.3) is 11.3 Å². The summed E-state index contributed by atoms with van der Waals surface area (Å²) in [5.74, 6) is -0.0116. The molecule has 5 nitrogen and oxygen atoms in total. The second kappa shape index (κ2) is 8.99. The number of hydrogen-bond acceptors (Lipinski definition) is 3. The van der Waals surface area contributed by atoms with Gasteiger partial charge in [0.05, 0.1) is 12.2 Å². The zero-order valence-corrected chi connectivity index (χ0v) is 15.5. The van der Waals surface area contributed by atoms with Crippen molar-refractivity contribution in [3.05, 3.63) is 51.8 Å². The largest absolute Gasteiger partial charge is 0.353 e. The summed E-state index contributed by atoms with van der Waals surface area (Å²) in [4.78, 5) is 24.3. The number of carbonyl (C=O) groups excluding carboxylic acids is 1. The van der Waals surface area contributed by atoms with E-state index in [1.807, 2.05) is 12.1 Å². The molecule has 1 saturated carbocycles. The van der Waals surface area contributed by atoms with Crippen LogP contribution in [-0.2, 0) is 11.3 Å². The van der Waals surface area contributed by atoms with Gasteiger partial charge in [0.25, 0.3) is 5.56 Å². The van der Waals surface area contributed by atoms with E-state index in [4.69, 9.17) is 11.6 Å². The van der Waals surface area contributed by atoms with E-state index in [-0.39, 0.29) is 30.5 Å². The molecule has 0 saturated heterocycles. The van der Waals surface area contributed by atoms with E-state index in [0.29, 0.717) is 10.7 Å². The van der Waals surface area contributed by atoms with E-state index in [2.05, 4.69) is 10.4 Å². The van der Waals surface area contributed by atoms with Crippen LogP contribution >= 0.6 is 11.6 Å². The van der Waals surface area contributed by atoms with Gasteiger partial charge in [-0.25, -0.2) is 4.68 Å². The van der Waals surface area contributed by atoms with Gasteiger partial charge in [0, 0.05) is 29.1 Å². The maximum absolute atomic E-state index is 12.2. The van der Waals surface area contributed by atoms with E-state index in [0.717, 1.165) is 18.4 Å². The quantitative estimate of drug-likeness (QED) is 0.811. The Morgan fingerprint density at radius 2 is 1.77 bits per heavy atom. The Labute approximate surface area is 158 Å². The predicted octanol–water partition coefficient (Wildman–Crippen LogP) is 3.79. The number of benzene rings is 1. The molecular formula is C20H24ClN3O2. The first-order valence-corrected chi connectivity index (χ1v) is 9.63. The number of nitrogens with zero attached hydrogens (tertiary/aromatic N) is 2. The van der Waals surface area contributed by atoms with Crippen LogP contribution < -0.4 is 10.9 Å². The SMILES string of the molecule is O=C(CCn1nc(-c2ccc(Cl)cc2)ccc1=O)NC1CCCCCC1. The van der Waals surface area contributed by atoms with Crippen molar-refractivity contribution in [2.45, 2.75) is 57.5 Å². The molecule has 6 heteroatoms. The fraction of sp³-hybridized carbons (Fsp3) is 0.450. The minimum atomic E-state index is -0.204. The third-order valence-electron chi connectivity index (χ3n) is 4.78. The summed E-state index contributed by atoms with van der Waals surface area (Å²) in [6, 6.07) is 10.7. The maximum atomic E-state index is 12.2. The van der Waals surface area contributed by atoms with Crippen LogP contribution in [0.5, 0.6) is 0 Å². The van der Waals surface area contributed by atoms with Crippen molar-refractivity contribution < 1.29 is 4.79 Å². The molecule has 1 fully saturated rings. The van der Waals surface area contributed by atoms with Gasteiger partial charge in [-0.2, -0.15) is 5.10 Å². The lowest BCUT2D eigenvalue weighted by atomic mass is 10.1. The Morgan fingerprint density at radius 3 is 2.46 bits per heavy atom. The van der Waals surface area contributed by atoms with Crippen molar-refractivity contribution in [3.8, 4) is 11.3 Å². The average molecular weight is 374 g/mol. The first-order valence-electron chi connectivity index (χ1n) is 9.25. The first-order chi connectivity index (χ1) is 12.6. The molecule has 3 rings (SSSR count). The zero-order valence-electron chi connectivity index (χ0n) is 14.8. The molecule has 0 unspecified atom stereocenters. The molecule has 1 aliphatic rings. The topological polar surface area (TPSA) is 64.0 Å². The molecule has 1 N–H and O–H groups in total. The molecule has 0 atom stereocenters. The van der Waals surface area contributed by atoms with Crippen LogP contribution in [0.4, 0.5) is 0 Å². The molecule has 1 aromatic carbocycles. The zero-order chi connectivity index (χ0) is 18.4. The summed E-state index contributed by atoms with van der Waals surface area (Å²) in [5.41, 5.74) is 1.36. The number of aromatic nitrogens is 2. The molecule has 0 radical (unpaired) electrons. The molecule has 0 aliphatic heterocycles. The summed E-state index contributed by atoms with van der Waals surface area (Å²) in [7, 11) is 0. The monoisotopic (exact) mass is 373 g/mol. The Hall–Kier alpha value is -2.14. The van der Waals surface area contributed by atoms with Crippen LogP contribution in [0.2, 0.25) is 5.02 Å². The Bertz CT molecular complexity index is 793. The van der Waals surface area contributed by atoms with Crippen LogP contribution in [0, 0.1) is 0 Å². The Kier molecular flexibility index (Phi) is 6.45. The molecule has 0 bridgehead atoms. The minimum absolute atomic E-state index is 0.0116. The molecule has 1 aromatic heterocycles. The summed E-state index contributed by atoms with van der Waals surface area (Å²) in [5, 5.41) is 8.14. The highest BCUT2D eigenvalue weighted by atomic mass is 35.5. The molecule has 2 aromatic rings. The predicted molar refractivity (Wildman–Crippen MR) is 103 cm³/mol. The molecule has 1 amide bonds. The van der Waals surface area contributed by atoms with Gasteiger partial charge in [-0.15, -0.1) is 0 Å². The number of carbonyl (C=O) groups is 1. The van der Waals surface area contributed by atoms with Gasteiger partial charge in [-0.3, -0.25) is 9.59 Å². The van der Waals surface area contributed by atoms with Crippen LogP contribution in [0.1, 0.15) is 44.9 Å². The molecule has 26 heavy (non-hydrogen) atoms. The third-order valence-corrected chi connectivity index (χ3v) is 5.03.